The van der Waals surface area contributed by atoms with Gasteiger partial charge in [-0.15, -0.1) is 0 Å². The van der Waals surface area contributed by atoms with Crippen molar-refractivity contribution < 1.29 is 9.59 Å². The van der Waals surface area contributed by atoms with Crippen LogP contribution in [-0.4, -0.2) is 59.3 Å². The summed E-state index contributed by atoms with van der Waals surface area (Å²) in [6.45, 7) is 10.4. The number of carbonyl (C=O) groups is 2. The van der Waals surface area contributed by atoms with Gasteiger partial charge in [0.15, 0.2) is 0 Å². The van der Waals surface area contributed by atoms with E-state index in [0.717, 1.165) is 25.3 Å². The second kappa shape index (κ2) is 8.79. The van der Waals surface area contributed by atoms with Crippen LogP contribution in [0.25, 0.3) is 0 Å². The number of aryl methyl sites for hydroxylation is 1. The van der Waals surface area contributed by atoms with Crippen LogP contribution in [0.3, 0.4) is 0 Å². The Bertz CT molecular complexity index is 938. The Hall–Kier alpha value is -2.73. The van der Waals surface area contributed by atoms with Gasteiger partial charge in [0.05, 0.1) is 5.92 Å². The van der Waals surface area contributed by atoms with Gasteiger partial charge in [0.1, 0.15) is 0 Å². The van der Waals surface area contributed by atoms with Crippen LogP contribution in [0.15, 0.2) is 48.7 Å². The van der Waals surface area contributed by atoms with Crippen molar-refractivity contribution in [3.8, 4) is 0 Å². The molecule has 4 rings (SSSR count). The smallest absolute Gasteiger partial charge is 0.254 e. The summed E-state index contributed by atoms with van der Waals surface area (Å²) < 4.78 is 0. The molecule has 2 aliphatic heterocycles. The molecule has 2 saturated heterocycles. The van der Waals surface area contributed by atoms with Crippen LogP contribution >= 0.6 is 0 Å². The molecule has 2 fully saturated rings. The van der Waals surface area contributed by atoms with Gasteiger partial charge in [-0.1, -0.05) is 44.2 Å². The molecule has 164 valence electrons. The van der Waals surface area contributed by atoms with Crippen LogP contribution in [-0.2, 0) is 11.3 Å². The van der Waals surface area contributed by atoms with E-state index in [-0.39, 0.29) is 23.1 Å². The zero-order valence-corrected chi connectivity index (χ0v) is 18.7. The summed E-state index contributed by atoms with van der Waals surface area (Å²) in [5, 5.41) is 3.14. The molecular weight excluding hydrogens is 388 g/mol. The molecule has 1 aromatic heterocycles. The lowest BCUT2D eigenvalue weighted by atomic mass is 9.71. The van der Waals surface area contributed by atoms with Gasteiger partial charge < -0.3 is 10.2 Å². The molecule has 0 saturated carbocycles. The predicted molar refractivity (Wildman–Crippen MR) is 120 cm³/mol. The van der Waals surface area contributed by atoms with E-state index >= 15 is 0 Å². The van der Waals surface area contributed by atoms with E-state index in [0.29, 0.717) is 31.1 Å². The van der Waals surface area contributed by atoms with Gasteiger partial charge in [0.25, 0.3) is 5.91 Å². The molecule has 2 aliphatic rings. The van der Waals surface area contributed by atoms with Gasteiger partial charge in [-0.2, -0.15) is 0 Å². The zero-order chi connectivity index (χ0) is 22.0. The van der Waals surface area contributed by atoms with Crippen molar-refractivity contribution in [2.75, 3.05) is 32.7 Å². The topological polar surface area (TPSA) is 65.5 Å². The van der Waals surface area contributed by atoms with E-state index in [4.69, 9.17) is 0 Å². The van der Waals surface area contributed by atoms with Gasteiger partial charge >= 0.3 is 0 Å². The van der Waals surface area contributed by atoms with Crippen molar-refractivity contribution in [3.05, 3.63) is 65.5 Å². The minimum absolute atomic E-state index is 0.0268. The van der Waals surface area contributed by atoms with Crippen molar-refractivity contribution in [1.82, 2.24) is 20.1 Å². The molecule has 0 aliphatic carbocycles. The number of amides is 2. The standard InChI is InChI=1S/C25H32N4O2/c1-18(2)12-27-23(30)22-14-28(13-20-7-5-4-6-8-20)15-25(22)16-29(17-25)24(31)21-9-10-26-19(3)11-21/h4-11,18,22H,12-17H2,1-3H3,(H,27,30). The zero-order valence-electron chi connectivity index (χ0n) is 18.7. The third kappa shape index (κ3) is 4.64. The van der Waals surface area contributed by atoms with Crippen LogP contribution in [0.5, 0.6) is 0 Å². The van der Waals surface area contributed by atoms with Crippen molar-refractivity contribution in [1.29, 1.82) is 0 Å². The maximum Gasteiger partial charge on any atom is 0.254 e. The molecule has 2 amide bonds. The molecule has 1 unspecified atom stereocenters. The molecule has 1 spiro atoms. The first-order valence-electron chi connectivity index (χ1n) is 11.1. The van der Waals surface area contributed by atoms with Crippen LogP contribution < -0.4 is 5.32 Å². The fourth-order valence-electron chi connectivity index (χ4n) is 4.86. The van der Waals surface area contributed by atoms with Crippen LogP contribution in [0.1, 0.15) is 35.5 Å². The molecule has 1 N–H and O–H groups in total. The van der Waals surface area contributed by atoms with Gasteiger partial charge in [0.2, 0.25) is 5.91 Å². The predicted octanol–water partition coefficient (Wildman–Crippen LogP) is 2.74. The minimum Gasteiger partial charge on any atom is -0.356 e. The number of nitrogens with one attached hydrogen (secondary N) is 1. The second-order valence-corrected chi connectivity index (χ2v) is 9.56. The van der Waals surface area contributed by atoms with E-state index < -0.39 is 0 Å². The number of likely N-dealkylation sites (tertiary alicyclic amines) is 2. The number of rotatable bonds is 6. The Kier molecular flexibility index (Phi) is 6.10. The highest BCUT2D eigenvalue weighted by molar-refractivity contribution is 5.95. The molecule has 3 heterocycles. The maximum atomic E-state index is 13.1. The quantitative estimate of drug-likeness (QED) is 0.780. The highest BCUT2D eigenvalue weighted by Gasteiger charge is 2.57. The lowest BCUT2D eigenvalue weighted by Crippen LogP contribution is -2.64. The maximum absolute atomic E-state index is 13.1. The molecule has 0 radical (unpaired) electrons. The number of pyridine rings is 1. The van der Waals surface area contributed by atoms with Crippen molar-refractivity contribution in [2.45, 2.75) is 27.3 Å². The monoisotopic (exact) mass is 420 g/mol. The highest BCUT2D eigenvalue weighted by Crippen LogP contribution is 2.45. The summed E-state index contributed by atoms with van der Waals surface area (Å²) in [7, 11) is 0. The first kappa shape index (κ1) is 21.5. The summed E-state index contributed by atoms with van der Waals surface area (Å²) >= 11 is 0. The summed E-state index contributed by atoms with van der Waals surface area (Å²) in [5.74, 6) is 0.462. The van der Waals surface area contributed by atoms with Crippen LogP contribution in [0.4, 0.5) is 0 Å². The first-order chi connectivity index (χ1) is 14.9. The Morgan fingerprint density at radius 3 is 2.58 bits per heavy atom. The highest BCUT2D eigenvalue weighted by atomic mass is 16.2. The van der Waals surface area contributed by atoms with Gasteiger partial charge in [-0.05, 0) is 30.5 Å². The first-order valence-corrected chi connectivity index (χ1v) is 11.1. The van der Waals surface area contributed by atoms with Crippen molar-refractivity contribution in [2.24, 2.45) is 17.3 Å². The summed E-state index contributed by atoms with van der Waals surface area (Å²) in [4.78, 5) is 34.5. The molecule has 31 heavy (non-hydrogen) atoms. The summed E-state index contributed by atoms with van der Waals surface area (Å²) in [6.07, 6.45) is 1.68. The third-order valence-corrected chi connectivity index (χ3v) is 6.41. The normalized spacial score (nSPS) is 20.1. The largest absolute Gasteiger partial charge is 0.356 e. The number of aromatic nitrogens is 1. The van der Waals surface area contributed by atoms with E-state index in [9.17, 15) is 9.59 Å². The third-order valence-electron chi connectivity index (χ3n) is 6.41. The Balaban J connectivity index is 1.48. The Labute approximate surface area is 184 Å². The Morgan fingerprint density at radius 1 is 1.16 bits per heavy atom. The number of benzene rings is 1. The van der Waals surface area contributed by atoms with E-state index in [2.05, 4.69) is 53.3 Å². The minimum atomic E-state index is -0.173. The molecule has 1 atom stereocenters. The molecule has 1 aromatic carbocycles. The average molecular weight is 421 g/mol. The van der Waals surface area contributed by atoms with Crippen LogP contribution in [0, 0.1) is 24.2 Å². The Morgan fingerprint density at radius 2 is 1.90 bits per heavy atom. The van der Waals surface area contributed by atoms with Gasteiger partial charge in [-0.3, -0.25) is 19.5 Å². The fourth-order valence-corrected chi connectivity index (χ4v) is 4.86. The van der Waals surface area contributed by atoms with Crippen LogP contribution in [0.2, 0.25) is 0 Å². The van der Waals surface area contributed by atoms with E-state index in [1.165, 1.54) is 5.56 Å². The lowest BCUT2D eigenvalue weighted by molar-refractivity contribution is -0.131. The number of hydrogen-bond donors (Lipinski definition) is 1. The number of hydrogen-bond acceptors (Lipinski definition) is 4. The number of nitrogens with zero attached hydrogens (tertiary/aromatic N) is 3. The molecule has 6 nitrogen and oxygen atoms in total. The van der Waals surface area contributed by atoms with Gasteiger partial charge in [0, 0.05) is 62.1 Å². The second-order valence-electron chi connectivity index (χ2n) is 9.56. The molecule has 2 aromatic rings. The molecule has 0 bridgehead atoms. The van der Waals surface area contributed by atoms with Crippen molar-refractivity contribution >= 4 is 11.8 Å². The summed E-state index contributed by atoms with van der Waals surface area (Å²) in [5.41, 5.74) is 2.58. The fraction of sp³-hybridized carbons (Fsp3) is 0.480. The van der Waals surface area contributed by atoms with E-state index in [1.54, 1.807) is 12.3 Å². The average Bonchev–Trinajstić information content (AvgIpc) is 3.10. The SMILES string of the molecule is Cc1cc(C(=O)N2CC3(CN(Cc4ccccc4)CC3C(=O)NCC(C)C)C2)ccn1. The lowest BCUT2D eigenvalue weighted by Gasteiger charge is -2.50. The molecule has 6 heteroatoms. The van der Waals surface area contributed by atoms with E-state index in [1.807, 2.05) is 24.0 Å². The van der Waals surface area contributed by atoms with Gasteiger partial charge in [-0.25, -0.2) is 0 Å². The number of carbonyl (C=O) groups excluding carboxylic acids is 2. The molecular formula is C25H32N4O2. The summed E-state index contributed by atoms with van der Waals surface area (Å²) in [6, 6.07) is 14.0. The van der Waals surface area contributed by atoms with Crippen molar-refractivity contribution in [3.63, 3.8) is 0 Å².